The van der Waals surface area contributed by atoms with Crippen molar-refractivity contribution in [1.29, 1.82) is 0 Å². The number of hydrogen-bond acceptors (Lipinski definition) is 3. The van der Waals surface area contributed by atoms with Gasteiger partial charge in [-0.2, -0.15) is 0 Å². The molecule has 0 aliphatic carbocycles. The molecule has 2 aromatic carbocycles. The van der Waals surface area contributed by atoms with Gasteiger partial charge in [-0.05, 0) is 29.3 Å². The number of carbonyl (C=O) groups is 1. The molecule has 0 radical (unpaired) electrons. The lowest BCUT2D eigenvalue weighted by Gasteiger charge is -2.20. The second-order valence-corrected chi connectivity index (χ2v) is 6.36. The molecule has 26 heavy (non-hydrogen) atoms. The van der Waals surface area contributed by atoms with E-state index in [4.69, 9.17) is 9.47 Å². The molecule has 2 rings (SSSR count). The fourth-order valence-corrected chi connectivity index (χ4v) is 2.66. The van der Waals surface area contributed by atoms with E-state index in [-0.39, 0.29) is 11.9 Å². The number of ether oxygens (including phenoxy) is 2. The molecule has 0 saturated heterocycles. The highest BCUT2D eigenvalue weighted by molar-refractivity contribution is 5.92. The summed E-state index contributed by atoms with van der Waals surface area (Å²) in [5, 5.41) is 3.08. The van der Waals surface area contributed by atoms with E-state index in [0.717, 1.165) is 17.7 Å². The molecular formula is C21H27N2O3+. The van der Waals surface area contributed by atoms with Crippen LogP contribution in [0.1, 0.15) is 17.2 Å². The van der Waals surface area contributed by atoms with Crippen LogP contribution in [0.2, 0.25) is 0 Å². The number of quaternary nitrogens is 1. The lowest BCUT2D eigenvalue weighted by molar-refractivity contribution is -0.860. The number of benzene rings is 2. The summed E-state index contributed by atoms with van der Waals surface area (Å²) in [5.74, 6) is 1.23. The molecule has 0 spiro atoms. The zero-order valence-corrected chi connectivity index (χ0v) is 15.8. The van der Waals surface area contributed by atoms with E-state index < -0.39 is 0 Å². The maximum atomic E-state index is 12.4. The maximum absolute atomic E-state index is 12.4. The Bertz CT molecular complexity index is 720. The zero-order valence-electron chi connectivity index (χ0n) is 15.8. The normalized spacial score (nSPS) is 12.2. The number of nitrogens with one attached hydrogen (secondary N) is 2. The van der Waals surface area contributed by atoms with Crippen LogP contribution in [0.15, 0.2) is 54.6 Å². The minimum Gasteiger partial charge on any atom is -0.497 e. The second kappa shape index (κ2) is 9.63. The van der Waals surface area contributed by atoms with E-state index in [2.05, 4.69) is 19.4 Å². The first-order chi connectivity index (χ1) is 12.5. The quantitative estimate of drug-likeness (QED) is 0.709. The number of hydrogen-bond donors (Lipinski definition) is 2. The van der Waals surface area contributed by atoms with Gasteiger partial charge in [0.2, 0.25) is 5.91 Å². The van der Waals surface area contributed by atoms with Gasteiger partial charge in [-0.15, -0.1) is 0 Å². The molecule has 0 fully saturated rings. The molecule has 1 atom stereocenters. The minimum atomic E-state index is -0.137. The summed E-state index contributed by atoms with van der Waals surface area (Å²) in [6.45, 7) is 0.802. The monoisotopic (exact) mass is 355 g/mol. The summed E-state index contributed by atoms with van der Waals surface area (Å²) >= 11 is 0. The summed E-state index contributed by atoms with van der Waals surface area (Å²) in [6, 6.07) is 15.5. The van der Waals surface area contributed by atoms with Crippen LogP contribution in [-0.2, 0) is 4.79 Å². The van der Waals surface area contributed by atoms with Gasteiger partial charge < -0.3 is 19.7 Å². The fraction of sp³-hybridized carbons (Fsp3) is 0.286. The van der Waals surface area contributed by atoms with E-state index in [1.807, 2.05) is 42.5 Å². The SMILES string of the molecule is COc1cc(/C=C/C(=O)N[C@H](C[NH+](C)C)c2ccccc2)cc(OC)c1. The lowest BCUT2D eigenvalue weighted by Crippen LogP contribution is -3.06. The number of rotatable bonds is 8. The molecule has 5 nitrogen and oxygen atoms in total. The van der Waals surface area contributed by atoms with Crippen LogP contribution in [-0.4, -0.2) is 40.8 Å². The number of methoxy groups -OCH3 is 2. The molecule has 1 amide bonds. The zero-order chi connectivity index (χ0) is 18.9. The van der Waals surface area contributed by atoms with Crippen molar-refractivity contribution in [3.8, 4) is 11.5 Å². The maximum Gasteiger partial charge on any atom is 0.244 e. The third kappa shape index (κ3) is 5.93. The highest BCUT2D eigenvalue weighted by atomic mass is 16.5. The minimum absolute atomic E-state index is 0.0433. The lowest BCUT2D eigenvalue weighted by atomic mass is 10.1. The average molecular weight is 355 g/mol. The first kappa shape index (κ1) is 19.5. The Morgan fingerprint density at radius 2 is 1.69 bits per heavy atom. The van der Waals surface area contributed by atoms with Crippen LogP contribution in [0.4, 0.5) is 0 Å². The van der Waals surface area contributed by atoms with E-state index in [1.54, 1.807) is 26.4 Å². The summed E-state index contributed by atoms with van der Waals surface area (Å²) < 4.78 is 10.5. The van der Waals surface area contributed by atoms with E-state index >= 15 is 0 Å². The summed E-state index contributed by atoms with van der Waals surface area (Å²) in [6.07, 6.45) is 3.29. The van der Waals surface area contributed by atoms with Gasteiger partial charge in [0, 0.05) is 12.1 Å². The molecule has 0 saturated carbocycles. The topological polar surface area (TPSA) is 52.0 Å². The second-order valence-electron chi connectivity index (χ2n) is 6.36. The standard InChI is InChI=1S/C21H26N2O3/c1-23(2)15-20(17-8-6-5-7-9-17)22-21(24)11-10-16-12-18(25-3)14-19(13-16)26-4/h5-14,20H,15H2,1-4H3,(H,22,24)/p+1/b11-10+/t20-/m1/s1. The molecule has 2 N–H and O–H groups in total. The molecular weight excluding hydrogens is 328 g/mol. The molecule has 0 unspecified atom stereocenters. The Morgan fingerprint density at radius 1 is 1.08 bits per heavy atom. The van der Waals surface area contributed by atoms with Crippen LogP contribution >= 0.6 is 0 Å². The molecule has 0 aliphatic heterocycles. The molecule has 138 valence electrons. The number of likely N-dealkylation sites (N-methyl/N-ethyl adjacent to an activating group) is 1. The van der Waals surface area contributed by atoms with Crippen LogP contribution in [0.3, 0.4) is 0 Å². The Hall–Kier alpha value is -2.79. The van der Waals surface area contributed by atoms with Crippen molar-refractivity contribution in [2.45, 2.75) is 6.04 Å². The van der Waals surface area contributed by atoms with Crippen molar-refractivity contribution in [2.75, 3.05) is 34.9 Å². The van der Waals surface area contributed by atoms with Gasteiger partial charge in [-0.3, -0.25) is 4.79 Å². The molecule has 0 aromatic heterocycles. The van der Waals surface area contributed by atoms with Crippen molar-refractivity contribution in [1.82, 2.24) is 5.32 Å². The van der Waals surface area contributed by atoms with Crippen molar-refractivity contribution >= 4 is 12.0 Å². The Kier molecular flexibility index (Phi) is 7.24. The van der Waals surface area contributed by atoms with Crippen LogP contribution < -0.4 is 19.7 Å². The van der Waals surface area contributed by atoms with E-state index in [0.29, 0.717) is 11.5 Å². The van der Waals surface area contributed by atoms with Gasteiger partial charge in [0.25, 0.3) is 0 Å². The Morgan fingerprint density at radius 3 is 2.23 bits per heavy atom. The fourth-order valence-electron chi connectivity index (χ4n) is 2.66. The predicted molar refractivity (Wildman–Crippen MR) is 104 cm³/mol. The Labute approximate surface area is 155 Å². The summed E-state index contributed by atoms with van der Waals surface area (Å²) in [4.78, 5) is 13.7. The van der Waals surface area contributed by atoms with Crippen LogP contribution in [0.5, 0.6) is 11.5 Å². The number of amides is 1. The van der Waals surface area contributed by atoms with Gasteiger partial charge in [0.05, 0.1) is 28.3 Å². The summed E-state index contributed by atoms with van der Waals surface area (Å²) in [7, 11) is 7.34. The highest BCUT2D eigenvalue weighted by Gasteiger charge is 2.16. The van der Waals surface area contributed by atoms with Crippen molar-refractivity contribution < 1.29 is 19.2 Å². The predicted octanol–water partition coefficient (Wildman–Crippen LogP) is 1.72. The molecule has 2 aromatic rings. The van der Waals surface area contributed by atoms with Crippen molar-refractivity contribution in [3.05, 3.63) is 65.7 Å². The first-order valence-electron chi connectivity index (χ1n) is 8.57. The molecule has 0 heterocycles. The third-order valence-electron chi connectivity index (χ3n) is 3.93. The van der Waals surface area contributed by atoms with Gasteiger partial charge in [0.1, 0.15) is 24.1 Å². The third-order valence-corrected chi connectivity index (χ3v) is 3.93. The molecule has 0 bridgehead atoms. The average Bonchev–Trinajstić information content (AvgIpc) is 2.65. The van der Waals surface area contributed by atoms with Gasteiger partial charge in [-0.1, -0.05) is 30.3 Å². The summed E-state index contributed by atoms with van der Waals surface area (Å²) in [5.41, 5.74) is 1.93. The smallest absolute Gasteiger partial charge is 0.244 e. The van der Waals surface area contributed by atoms with Gasteiger partial charge in [-0.25, -0.2) is 0 Å². The molecule has 5 heteroatoms. The highest BCUT2D eigenvalue weighted by Crippen LogP contribution is 2.23. The van der Waals surface area contributed by atoms with Crippen molar-refractivity contribution in [3.63, 3.8) is 0 Å². The molecule has 0 aliphatic rings. The number of carbonyl (C=O) groups excluding carboxylic acids is 1. The Balaban J connectivity index is 2.11. The first-order valence-corrected chi connectivity index (χ1v) is 8.57. The van der Waals surface area contributed by atoms with E-state index in [9.17, 15) is 4.79 Å². The van der Waals surface area contributed by atoms with E-state index in [1.165, 1.54) is 11.0 Å². The largest absolute Gasteiger partial charge is 0.497 e. The van der Waals surface area contributed by atoms with Crippen LogP contribution in [0.25, 0.3) is 6.08 Å². The van der Waals surface area contributed by atoms with Gasteiger partial charge >= 0.3 is 0 Å². The van der Waals surface area contributed by atoms with Gasteiger partial charge in [0.15, 0.2) is 0 Å². The van der Waals surface area contributed by atoms with Crippen molar-refractivity contribution in [2.24, 2.45) is 0 Å². The van der Waals surface area contributed by atoms with Crippen LogP contribution in [0, 0.1) is 0 Å².